The average molecular weight is 334 g/mol. The van der Waals surface area contributed by atoms with Crippen LogP contribution in [0.25, 0.3) is 0 Å². The van der Waals surface area contributed by atoms with Crippen LogP contribution >= 0.6 is 0 Å². The van der Waals surface area contributed by atoms with Crippen LogP contribution in [-0.2, 0) is 19.6 Å². The van der Waals surface area contributed by atoms with E-state index in [2.05, 4.69) is 0 Å². The van der Waals surface area contributed by atoms with Gasteiger partial charge in [0.1, 0.15) is 10.6 Å². The lowest BCUT2D eigenvalue weighted by atomic mass is 10.0. The van der Waals surface area contributed by atoms with E-state index in [-0.39, 0.29) is 17.3 Å². The maximum absolute atomic E-state index is 12.3. The highest BCUT2D eigenvalue weighted by atomic mass is 32.2. The second-order valence-corrected chi connectivity index (χ2v) is 6.41. The van der Waals surface area contributed by atoms with Gasteiger partial charge in [0.05, 0.1) is 12.5 Å². The first-order valence-electron chi connectivity index (χ1n) is 7.21. The molecule has 0 saturated heterocycles. The third-order valence-corrected chi connectivity index (χ3v) is 4.51. The van der Waals surface area contributed by atoms with Gasteiger partial charge in [0.25, 0.3) is 0 Å². The number of carbonyl (C=O) groups excluding carboxylic acids is 1. The van der Waals surface area contributed by atoms with E-state index in [0.717, 1.165) is 0 Å². The molecule has 0 aliphatic heterocycles. The fraction of sp³-hybridized carbons (Fsp3) is 0.235. The molecule has 2 rings (SSSR count). The topological polar surface area (TPSA) is 69.7 Å². The number of hydrogen-bond acceptors (Lipinski definition) is 5. The Morgan fingerprint density at radius 1 is 1.04 bits per heavy atom. The lowest BCUT2D eigenvalue weighted by molar-refractivity contribution is -0.144. The Labute approximate surface area is 136 Å². The summed E-state index contributed by atoms with van der Waals surface area (Å²) < 4.78 is 34.9. The average Bonchev–Trinajstić information content (AvgIpc) is 2.55. The maximum Gasteiger partial charge on any atom is 0.339 e. The van der Waals surface area contributed by atoms with Crippen LogP contribution in [0.4, 0.5) is 0 Å². The Bertz CT molecular complexity index is 769. The quantitative estimate of drug-likeness (QED) is 0.600. The van der Waals surface area contributed by atoms with E-state index in [1.165, 1.54) is 18.2 Å². The molecule has 5 nitrogen and oxygen atoms in total. The summed E-state index contributed by atoms with van der Waals surface area (Å²) in [7, 11) is -3.96. The standard InChI is InChI=1S/C17H18O5S/c1-3-21-17(18)13(2)15-11-7-8-12-16(15)22-23(19,20)14-9-5-4-6-10-14/h4-13H,3H2,1-2H3. The molecule has 0 aromatic heterocycles. The van der Waals surface area contributed by atoms with Gasteiger partial charge in [-0.05, 0) is 32.0 Å². The van der Waals surface area contributed by atoms with E-state index in [1.807, 2.05) is 0 Å². The lowest BCUT2D eigenvalue weighted by Crippen LogP contribution is -2.16. The Balaban J connectivity index is 2.33. The molecule has 2 aromatic rings. The van der Waals surface area contributed by atoms with Gasteiger partial charge in [-0.1, -0.05) is 36.4 Å². The van der Waals surface area contributed by atoms with Crippen LogP contribution in [-0.4, -0.2) is 21.0 Å². The Kier molecular flexibility index (Phi) is 5.39. The summed E-state index contributed by atoms with van der Waals surface area (Å²) in [5, 5.41) is 0. The van der Waals surface area contributed by atoms with Crippen molar-refractivity contribution in [2.75, 3.05) is 6.61 Å². The van der Waals surface area contributed by atoms with Crippen LogP contribution in [0.2, 0.25) is 0 Å². The van der Waals surface area contributed by atoms with Crippen molar-refractivity contribution < 1.29 is 22.1 Å². The van der Waals surface area contributed by atoms with Gasteiger partial charge in [0.15, 0.2) is 0 Å². The number of ether oxygens (including phenoxy) is 1. The molecule has 0 fully saturated rings. The van der Waals surface area contributed by atoms with Gasteiger partial charge >= 0.3 is 16.1 Å². The normalized spacial score (nSPS) is 12.4. The zero-order valence-corrected chi connectivity index (χ0v) is 13.7. The third-order valence-electron chi connectivity index (χ3n) is 3.26. The van der Waals surface area contributed by atoms with Crippen LogP contribution in [0.5, 0.6) is 5.75 Å². The highest BCUT2D eigenvalue weighted by Gasteiger charge is 2.24. The monoisotopic (exact) mass is 334 g/mol. The van der Waals surface area contributed by atoms with Gasteiger partial charge in [-0.2, -0.15) is 8.42 Å². The predicted molar refractivity (Wildman–Crippen MR) is 85.7 cm³/mol. The first-order chi connectivity index (χ1) is 11.0. The molecule has 0 amide bonds. The minimum Gasteiger partial charge on any atom is -0.466 e. The highest BCUT2D eigenvalue weighted by molar-refractivity contribution is 7.87. The van der Waals surface area contributed by atoms with Crippen molar-refractivity contribution in [2.24, 2.45) is 0 Å². The second-order valence-electron chi connectivity index (χ2n) is 4.86. The molecule has 0 spiro atoms. The fourth-order valence-electron chi connectivity index (χ4n) is 2.06. The van der Waals surface area contributed by atoms with Gasteiger partial charge in [-0.25, -0.2) is 0 Å². The van der Waals surface area contributed by atoms with E-state index >= 15 is 0 Å². The fourth-order valence-corrected chi connectivity index (χ4v) is 3.04. The highest BCUT2D eigenvalue weighted by Crippen LogP contribution is 2.29. The number of para-hydroxylation sites is 1. The van der Waals surface area contributed by atoms with Crippen LogP contribution in [0.1, 0.15) is 25.3 Å². The first kappa shape index (κ1) is 17.0. The van der Waals surface area contributed by atoms with Gasteiger partial charge in [0, 0.05) is 5.56 Å². The molecule has 0 aliphatic carbocycles. The van der Waals surface area contributed by atoms with Gasteiger partial charge < -0.3 is 8.92 Å². The van der Waals surface area contributed by atoms with Gasteiger partial charge in [-0.15, -0.1) is 0 Å². The number of hydrogen-bond donors (Lipinski definition) is 0. The zero-order chi connectivity index (χ0) is 16.9. The smallest absolute Gasteiger partial charge is 0.339 e. The second kappa shape index (κ2) is 7.28. The number of rotatable bonds is 6. The number of carbonyl (C=O) groups is 1. The molecule has 0 N–H and O–H groups in total. The minimum atomic E-state index is -3.96. The largest absolute Gasteiger partial charge is 0.466 e. The summed E-state index contributed by atoms with van der Waals surface area (Å²) in [5.41, 5.74) is 0.463. The molecule has 6 heteroatoms. The molecule has 2 aromatic carbocycles. The SMILES string of the molecule is CCOC(=O)C(C)c1ccccc1OS(=O)(=O)c1ccccc1. The van der Waals surface area contributed by atoms with Crippen LogP contribution in [0.15, 0.2) is 59.5 Å². The molecule has 1 unspecified atom stereocenters. The van der Waals surface area contributed by atoms with Gasteiger partial charge in [0.2, 0.25) is 0 Å². The van der Waals surface area contributed by atoms with E-state index in [1.54, 1.807) is 50.2 Å². The Morgan fingerprint density at radius 2 is 1.65 bits per heavy atom. The summed E-state index contributed by atoms with van der Waals surface area (Å²) in [6.45, 7) is 3.62. The summed E-state index contributed by atoms with van der Waals surface area (Å²) >= 11 is 0. The molecule has 0 bridgehead atoms. The first-order valence-corrected chi connectivity index (χ1v) is 8.61. The number of esters is 1. The van der Waals surface area contributed by atoms with Crippen molar-refractivity contribution in [3.63, 3.8) is 0 Å². The van der Waals surface area contributed by atoms with E-state index < -0.39 is 22.0 Å². The molecule has 1 atom stereocenters. The van der Waals surface area contributed by atoms with E-state index in [4.69, 9.17) is 8.92 Å². The minimum absolute atomic E-state index is 0.0543. The zero-order valence-electron chi connectivity index (χ0n) is 12.9. The summed E-state index contributed by atoms with van der Waals surface area (Å²) in [6, 6.07) is 14.4. The molecule has 122 valence electrons. The molecular weight excluding hydrogens is 316 g/mol. The molecule has 0 radical (unpaired) electrons. The van der Waals surface area contributed by atoms with Crippen LogP contribution in [0.3, 0.4) is 0 Å². The van der Waals surface area contributed by atoms with Gasteiger partial charge in [-0.3, -0.25) is 4.79 Å². The summed E-state index contributed by atoms with van der Waals surface area (Å²) in [5.74, 6) is -0.935. The van der Waals surface area contributed by atoms with Crippen molar-refractivity contribution in [1.29, 1.82) is 0 Å². The van der Waals surface area contributed by atoms with Crippen LogP contribution in [0, 0.1) is 0 Å². The third kappa shape index (κ3) is 4.10. The van der Waals surface area contributed by atoms with Crippen molar-refractivity contribution in [3.05, 3.63) is 60.2 Å². The van der Waals surface area contributed by atoms with Crippen molar-refractivity contribution >= 4 is 16.1 Å². The summed E-state index contributed by atoms with van der Waals surface area (Å²) in [4.78, 5) is 12.0. The van der Waals surface area contributed by atoms with Crippen LogP contribution < -0.4 is 4.18 Å². The molecule has 0 aliphatic rings. The Morgan fingerprint density at radius 3 is 2.30 bits per heavy atom. The molecule has 0 saturated carbocycles. The maximum atomic E-state index is 12.3. The van der Waals surface area contributed by atoms with Crippen molar-refractivity contribution in [3.8, 4) is 5.75 Å². The van der Waals surface area contributed by atoms with E-state index in [9.17, 15) is 13.2 Å². The Hall–Kier alpha value is -2.34. The van der Waals surface area contributed by atoms with E-state index in [0.29, 0.717) is 5.56 Å². The predicted octanol–water partition coefficient (Wildman–Crippen LogP) is 3.12. The molecule has 23 heavy (non-hydrogen) atoms. The van der Waals surface area contributed by atoms with Crippen molar-refractivity contribution in [2.45, 2.75) is 24.7 Å². The number of benzene rings is 2. The lowest BCUT2D eigenvalue weighted by Gasteiger charge is -2.15. The molecule has 0 heterocycles. The summed E-state index contributed by atoms with van der Waals surface area (Å²) in [6.07, 6.45) is 0. The molecular formula is C17H18O5S. The van der Waals surface area contributed by atoms with Crippen molar-refractivity contribution in [1.82, 2.24) is 0 Å².